The Hall–Kier alpha value is -1.51. The summed E-state index contributed by atoms with van der Waals surface area (Å²) in [7, 11) is 0. The smallest absolute Gasteiger partial charge is 0.197 e. The Bertz CT molecular complexity index is 807. The van der Waals surface area contributed by atoms with Gasteiger partial charge in [-0.1, -0.05) is 0 Å². The summed E-state index contributed by atoms with van der Waals surface area (Å²) in [5.41, 5.74) is 6.84. The van der Waals surface area contributed by atoms with Gasteiger partial charge in [0.2, 0.25) is 0 Å². The molecular weight excluding hydrogens is 316 g/mol. The van der Waals surface area contributed by atoms with E-state index >= 15 is 0 Å². The molecule has 6 nitrogen and oxygen atoms in total. The second-order valence-corrected chi connectivity index (χ2v) is 6.77. The second-order valence-electron chi connectivity index (χ2n) is 4.96. The summed E-state index contributed by atoms with van der Waals surface area (Å²) in [4.78, 5) is 10.1. The molecule has 3 aromatic heterocycles. The van der Waals surface area contributed by atoms with Gasteiger partial charge in [-0.3, -0.25) is 0 Å². The number of aryl methyl sites for hydroxylation is 2. The van der Waals surface area contributed by atoms with E-state index in [1.807, 2.05) is 6.92 Å². The first kappa shape index (κ1) is 15.4. The molecule has 0 aromatic carbocycles. The molecule has 116 valence electrons. The lowest BCUT2D eigenvalue weighted by Gasteiger charge is -2.07. The number of aromatic nitrogens is 5. The highest BCUT2D eigenvalue weighted by Gasteiger charge is 2.16. The van der Waals surface area contributed by atoms with Crippen LogP contribution in [0.25, 0.3) is 10.2 Å². The van der Waals surface area contributed by atoms with Gasteiger partial charge in [-0.05, 0) is 50.0 Å². The van der Waals surface area contributed by atoms with Gasteiger partial charge in [0.25, 0.3) is 0 Å². The number of nitrogens with two attached hydrogens (primary N) is 1. The molecule has 3 rings (SSSR count). The highest BCUT2D eigenvalue weighted by atomic mass is 32.2. The Balaban J connectivity index is 2.05. The van der Waals surface area contributed by atoms with Crippen LogP contribution in [0.5, 0.6) is 0 Å². The molecule has 0 aliphatic carbocycles. The summed E-state index contributed by atoms with van der Waals surface area (Å²) >= 11 is 3.20. The van der Waals surface area contributed by atoms with Gasteiger partial charge in [-0.25, -0.2) is 9.97 Å². The minimum atomic E-state index is 0.573. The van der Waals surface area contributed by atoms with Crippen LogP contribution in [-0.2, 0) is 13.0 Å². The zero-order chi connectivity index (χ0) is 15.7. The fourth-order valence-electron chi connectivity index (χ4n) is 2.33. The zero-order valence-electron chi connectivity index (χ0n) is 12.8. The molecule has 0 amide bonds. The molecule has 2 N–H and O–H groups in total. The van der Waals surface area contributed by atoms with Gasteiger partial charge in [-0.15, -0.1) is 21.5 Å². The lowest BCUT2D eigenvalue weighted by atomic mass is 10.3. The van der Waals surface area contributed by atoms with Crippen molar-refractivity contribution in [2.45, 2.75) is 43.9 Å². The SMILES string of the molecule is CCn1c(CCN)nnc1Sc1nc(C)nc2scc(C)c12. The van der Waals surface area contributed by atoms with Crippen LogP contribution in [0.3, 0.4) is 0 Å². The quantitative estimate of drug-likeness (QED) is 0.722. The molecule has 3 heterocycles. The minimum Gasteiger partial charge on any atom is -0.330 e. The van der Waals surface area contributed by atoms with Crippen LogP contribution in [0.4, 0.5) is 0 Å². The molecule has 0 saturated carbocycles. The number of hydrogen-bond donors (Lipinski definition) is 1. The van der Waals surface area contributed by atoms with E-state index in [-0.39, 0.29) is 0 Å². The average molecular weight is 334 g/mol. The van der Waals surface area contributed by atoms with E-state index in [0.717, 1.165) is 45.0 Å². The third-order valence-electron chi connectivity index (χ3n) is 3.36. The van der Waals surface area contributed by atoms with Gasteiger partial charge in [0.15, 0.2) is 5.16 Å². The Morgan fingerprint density at radius 1 is 1.27 bits per heavy atom. The standard InChI is InChI=1S/C14H18N6S2/c1-4-20-10(5-6-15)18-19-14(20)22-13-11-8(2)7-21-12(11)16-9(3)17-13/h7H,4-6,15H2,1-3H3. The predicted molar refractivity (Wildman–Crippen MR) is 89.5 cm³/mol. The fraction of sp³-hybridized carbons (Fsp3) is 0.429. The molecule has 0 aliphatic rings. The van der Waals surface area contributed by atoms with E-state index < -0.39 is 0 Å². The van der Waals surface area contributed by atoms with Gasteiger partial charge >= 0.3 is 0 Å². The zero-order valence-corrected chi connectivity index (χ0v) is 14.5. The van der Waals surface area contributed by atoms with Crippen LogP contribution >= 0.6 is 23.1 Å². The number of nitrogens with zero attached hydrogens (tertiary/aromatic N) is 5. The summed E-state index contributed by atoms with van der Waals surface area (Å²) in [6.07, 6.45) is 0.733. The number of fused-ring (bicyclic) bond motifs is 1. The average Bonchev–Trinajstić information content (AvgIpc) is 3.03. The molecular formula is C14H18N6S2. The Morgan fingerprint density at radius 2 is 2.09 bits per heavy atom. The van der Waals surface area contributed by atoms with E-state index in [2.05, 4.69) is 44.0 Å². The largest absolute Gasteiger partial charge is 0.330 e. The third kappa shape index (κ3) is 2.73. The first-order valence-corrected chi connectivity index (χ1v) is 8.86. The third-order valence-corrected chi connectivity index (χ3v) is 5.33. The first-order valence-electron chi connectivity index (χ1n) is 7.16. The number of rotatable bonds is 5. The Morgan fingerprint density at radius 3 is 2.82 bits per heavy atom. The van der Waals surface area contributed by atoms with Gasteiger partial charge in [0, 0.05) is 18.4 Å². The molecule has 0 bridgehead atoms. The van der Waals surface area contributed by atoms with Crippen molar-refractivity contribution in [3.05, 3.63) is 22.6 Å². The van der Waals surface area contributed by atoms with Crippen molar-refractivity contribution in [3.8, 4) is 0 Å². The predicted octanol–water partition coefficient (Wildman–Crippen LogP) is 2.57. The molecule has 22 heavy (non-hydrogen) atoms. The van der Waals surface area contributed by atoms with Crippen LogP contribution in [-0.4, -0.2) is 31.3 Å². The molecule has 0 aliphatic heterocycles. The Kier molecular flexibility index (Phi) is 4.42. The van der Waals surface area contributed by atoms with Crippen molar-refractivity contribution in [2.24, 2.45) is 5.73 Å². The van der Waals surface area contributed by atoms with E-state index in [9.17, 15) is 0 Å². The summed E-state index contributed by atoms with van der Waals surface area (Å²) in [6.45, 7) is 7.49. The van der Waals surface area contributed by atoms with E-state index in [1.54, 1.807) is 23.1 Å². The summed E-state index contributed by atoms with van der Waals surface area (Å²) in [6, 6.07) is 0. The highest BCUT2D eigenvalue weighted by Crippen LogP contribution is 2.35. The van der Waals surface area contributed by atoms with E-state index in [1.165, 1.54) is 5.56 Å². The van der Waals surface area contributed by atoms with Gasteiger partial charge < -0.3 is 10.3 Å². The summed E-state index contributed by atoms with van der Waals surface area (Å²) in [5, 5.41) is 13.6. The van der Waals surface area contributed by atoms with Crippen LogP contribution < -0.4 is 5.73 Å². The molecule has 0 fully saturated rings. The second kappa shape index (κ2) is 6.31. The van der Waals surface area contributed by atoms with Crippen molar-refractivity contribution in [3.63, 3.8) is 0 Å². The number of thiophene rings is 1. The Labute approximate surface area is 137 Å². The van der Waals surface area contributed by atoms with Gasteiger partial charge in [0.1, 0.15) is 21.5 Å². The lowest BCUT2D eigenvalue weighted by molar-refractivity contribution is 0.640. The normalized spacial score (nSPS) is 11.5. The van der Waals surface area contributed by atoms with Crippen LogP contribution in [0.15, 0.2) is 15.6 Å². The van der Waals surface area contributed by atoms with Crippen LogP contribution in [0.1, 0.15) is 24.1 Å². The van der Waals surface area contributed by atoms with Crippen molar-refractivity contribution in [2.75, 3.05) is 6.54 Å². The first-order chi connectivity index (χ1) is 10.6. The van der Waals surface area contributed by atoms with Crippen molar-refractivity contribution >= 4 is 33.3 Å². The van der Waals surface area contributed by atoms with Crippen molar-refractivity contribution < 1.29 is 0 Å². The maximum atomic E-state index is 5.64. The lowest BCUT2D eigenvalue weighted by Crippen LogP contribution is -2.10. The minimum absolute atomic E-state index is 0.573. The molecule has 0 saturated heterocycles. The van der Waals surface area contributed by atoms with E-state index in [0.29, 0.717) is 6.54 Å². The van der Waals surface area contributed by atoms with Gasteiger partial charge in [0.05, 0.1) is 0 Å². The van der Waals surface area contributed by atoms with Crippen molar-refractivity contribution in [1.82, 2.24) is 24.7 Å². The molecule has 3 aromatic rings. The molecule has 0 radical (unpaired) electrons. The van der Waals surface area contributed by atoms with E-state index in [4.69, 9.17) is 5.73 Å². The molecule has 0 spiro atoms. The monoisotopic (exact) mass is 334 g/mol. The van der Waals surface area contributed by atoms with Crippen LogP contribution in [0.2, 0.25) is 0 Å². The molecule has 0 atom stereocenters. The molecule has 0 unspecified atom stereocenters. The maximum absolute atomic E-state index is 5.64. The van der Waals surface area contributed by atoms with Gasteiger partial charge in [-0.2, -0.15) is 0 Å². The van der Waals surface area contributed by atoms with Crippen LogP contribution in [0, 0.1) is 13.8 Å². The summed E-state index contributed by atoms with van der Waals surface area (Å²) in [5.74, 6) is 1.71. The topological polar surface area (TPSA) is 82.5 Å². The number of hydrogen-bond acceptors (Lipinski definition) is 7. The fourth-order valence-corrected chi connectivity index (χ4v) is 4.50. The molecule has 8 heteroatoms. The summed E-state index contributed by atoms with van der Waals surface area (Å²) < 4.78 is 2.10. The maximum Gasteiger partial charge on any atom is 0.197 e. The highest BCUT2D eigenvalue weighted by molar-refractivity contribution is 7.99. The van der Waals surface area contributed by atoms with Crippen molar-refractivity contribution in [1.29, 1.82) is 0 Å².